The first-order valence-electron chi connectivity index (χ1n) is 4.61. The molecule has 74 valence electrons. The first-order chi connectivity index (χ1) is 6.42. The molecule has 0 amide bonds. The third kappa shape index (κ3) is 1.97. The Kier molecular flexibility index (Phi) is 3.73. The Morgan fingerprint density at radius 3 is 2.43 bits per heavy atom. The van der Waals surface area contributed by atoms with Crippen molar-refractivity contribution in [2.75, 3.05) is 18.0 Å². The second kappa shape index (κ2) is 4.83. The summed E-state index contributed by atoms with van der Waals surface area (Å²) < 4.78 is 0. The number of benzene rings is 1. The molecule has 0 N–H and O–H groups in total. The Bertz CT molecular complexity index is 339. The number of hydrogen-bond acceptors (Lipinski definition) is 2. The zero-order valence-electron chi connectivity index (χ0n) is 7.86. The minimum Gasteiger partial charge on any atom is -1.00 e. The molecule has 1 aromatic carbocycles. The van der Waals surface area contributed by atoms with Crippen LogP contribution >= 0.6 is 0 Å². The van der Waals surface area contributed by atoms with Crippen LogP contribution in [0.5, 0.6) is 0 Å². The van der Waals surface area contributed by atoms with E-state index < -0.39 is 0 Å². The average molecular weight is 210 g/mol. The summed E-state index contributed by atoms with van der Waals surface area (Å²) in [6.07, 6.45) is 2.47. The lowest BCUT2D eigenvalue weighted by molar-refractivity contribution is -0.00000283. The van der Waals surface area contributed by atoms with Crippen molar-refractivity contribution < 1.29 is 12.4 Å². The molecule has 0 radical (unpaired) electrons. The van der Waals surface area contributed by atoms with Crippen molar-refractivity contribution in [3.05, 3.63) is 29.2 Å². The molecular formula is C10H12ClN3. The summed E-state index contributed by atoms with van der Waals surface area (Å²) in [7, 11) is 0. The standard InChI is InChI=1S/C10H12N3.ClH/c11-12-9-5-1-2-6-10(9)13-7-3-4-8-13;/h1-2,5-6H,3-4,7-8H2;1H/q+1;/p-1. The van der Waals surface area contributed by atoms with Gasteiger partial charge in [0.05, 0.1) is 0 Å². The number of rotatable bonds is 1. The number of halogens is 1. The van der Waals surface area contributed by atoms with E-state index in [4.69, 9.17) is 5.39 Å². The van der Waals surface area contributed by atoms with Crippen LogP contribution in [-0.4, -0.2) is 13.1 Å². The highest BCUT2D eigenvalue weighted by Crippen LogP contribution is 2.30. The Hall–Kier alpha value is -1.27. The molecule has 1 aliphatic rings. The fourth-order valence-electron chi connectivity index (χ4n) is 1.77. The second-order valence-corrected chi connectivity index (χ2v) is 3.28. The van der Waals surface area contributed by atoms with Gasteiger partial charge in [-0.2, -0.15) is 0 Å². The largest absolute Gasteiger partial charge is 1.00 e. The predicted octanol–water partition coefficient (Wildman–Crippen LogP) is -0.225. The van der Waals surface area contributed by atoms with E-state index in [2.05, 4.69) is 9.88 Å². The molecular weight excluding hydrogens is 198 g/mol. The van der Waals surface area contributed by atoms with Crippen LogP contribution in [0.4, 0.5) is 11.4 Å². The van der Waals surface area contributed by atoms with Crippen molar-refractivity contribution in [1.29, 1.82) is 5.39 Å². The van der Waals surface area contributed by atoms with Gasteiger partial charge in [0.2, 0.25) is 5.39 Å². The van der Waals surface area contributed by atoms with Gasteiger partial charge in [0.1, 0.15) is 5.69 Å². The molecule has 3 nitrogen and oxygen atoms in total. The summed E-state index contributed by atoms with van der Waals surface area (Å²) >= 11 is 0. The van der Waals surface area contributed by atoms with Crippen molar-refractivity contribution in [3.8, 4) is 0 Å². The summed E-state index contributed by atoms with van der Waals surface area (Å²) in [5.74, 6) is 0. The lowest BCUT2D eigenvalue weighted by atomic mass is 10.2. The zero-order chi connectivity index (χ0) is 9.10. The fourth-order valence-corrected chi connectivity index (χ4v) is 1.77. The molecule has 14 heavy (non-hydrogen) atoms. The molecule has 2 rings (SSSR count). The minimum atomic E-state index is 0. The van der Waals surface area contributed by atoms with E-state index in [1.54, 1.807) is 0 Å². The molecule has 0 saturated carbocycles. The summed E-state index contributed by atoms with van der Waals surface area (Å²) in [5.41, 5.74) is 1.71. The van der Waals surface area contributed by atoms with Gasteiger partial charge in [-0.15, -0.1) is 0 Å². The molecule has 1 aromatic rings. The van der Waals surface area contributed by atoms with E-state index in [1.807, 2.05) is 24.3 Å². The van der Waals surface area contributed by atoms with Crippen LogP contribution in [0.2, 0.25) is 0 Å². The molecule has 0 aromatic heterocycles. The fraction of sp³-hybridized carbons (Fsp3) is 0.400. The first-order valence-corrected chi connectivity index (χ1v) is 4.61. The number of hydrogen-bond donors (Lipinski definition) is 0. The number of nitrogens with zero attached hydrogens (tertiary/aromatic N) is 3. The number of anilines is 1. The quantitative estimate of drug-likeness (QED) is 0.599. The average Bonchev–Trinajstić information content (AvgIpc) is 2.70. The SMILES string of the molecule is N#[N+]c1ccccc1N1CCCC1.[Cl-]. The van der Waals surface area contributed by atoms with Crippen molar-refractivity contribution in [3.63, 3.8) is 0 Å². The maximum absolute atomic E-state index is 8.78. The van der Waals surface area contributed by atoms with E-state index in [0.717, 1.165) is 18.8 Å². The monoisotopic (exact) mass is 209 g/mol. The normalized spacial score (nSPS) is 14.6. The van der Waals surface area contributed by atoms with E-state index in [9.17, 15) is 0 Å². The topological polar surface area (TPSA) is 31.4 Å². The van der Waals surface area contributed by atoms with Crippen molar-refractivity contribution in [2.45, 2.75) is 12.8 Å². The molecule has 0 unspecified atom stereocenters. The van der Waals surface area contributed by atoms with Crippen molar-refractivity contribution >= 4 is 11.4 Å². The Morgan fingerprint density at radius 2 is 1.79 bits per heavy atom. The van der Waals surface area contributed by atoms with Gasteiger partial charge in [-0.25, -0.2) is 0 Å². The summed E-state index contributed by atoms with van der Waals surface area (Å²) in [6.45, 7) is 2.15. The molecule has 4 heteroatoms. The zero-order valence-corrected chi connectivity index (χ0v) is 8.61. The van der Waals surface area contributed by atoms with Gasteiger partial charge >= 0.3 is 5.69 Å². The minimum absolute atomic E-state index is 0. The van der Waals surface area contributed by atoms with Crippen LogP contribution in [0.25, 0.3) is 4.98 Å². The maximum Gasteiger partial charge on any atom is 0.408 e. The second-order valence-electron chi connectivity index (χ2n) is 3.28. The molecule has 1 heterocycles. The van der Waals surface area contributed by atoms with Gasteiger partial charge in [0.15, 0.2) is 4.98 Å². The highest BCUT2D eigenvalue weighted by Gasteiger charge is 2.20. The molecule has 1 fully saturated rings. The van der Waals surface area contributed by atoms with E-state index in [0.29, 0.717) is 5.69 Å². The Balaban J connectivity index is 0.000000980. The molecule has 0 bridgehead atoms. The molecule has 1 saturated heterocycles. The third-order valence-electron chi connectivity index (χ3n) is 2.44. The highest BCUT2D eigenvalue weighted by molar-refractivity contribution is 5.70. The van der Waals surface area contributed by atoms with Crippen LogP contribution in [-0.2, 0) is 0 Å². The Labute approximate surface area is 89.8 Å². The summed E-state index contributed by atoms with van der Waals surface area (Å²) in [6, 6.07) is 7.69. The van der Waals surface area contributed by atoms with Gasteiger partial charge in [-0.05, 0) is 18.9 Å². The van der Waals surface area contributed by atoms with Crippen LogP contribution in [0.15, 0.2) is 24.3 Å². The third-order valence-corrected chi connectivity index (χ3v) is 2.44. The number of diazo groups is 1. The van der Waals surface area contributed by atoms with Crippen LogP contribution in [0.3, 0.4) is 0 Å². The molecule has 0 aliphatic carbocycles. The lowest BCUT2D eigenvalue weighted by Crippen LogP contribution is -3.00. The molecule has 1 aliphatic heterocycles. The van der Waals surface area contributed by atoms with Crippen LogP contribution in [0.1, 0.15) is 12.8 Å². The van der Waals surface area contributed by atoms with E-state index in [-0.39, 0.29) is 12.4 Å². The lowest BCUT2D eigenvalue weighted by Gasteiger charge is -2.14. The molecule has 0 atom stereocenters. The van der Waals surface area contributed by atoms with Crippen molar-refractivity contribution in [1.82, 2.24) is 0 Å². The molecule has 0 spiro atoms. The summed E-state index contributed by atoms with van der Waals surface area (Å²) in [5, 5.41) is 8.78. The Morgan fingerprint density at radius 1 is 1.14 bits per heavy atom. The van der Waals surface area contributed by atoms with Gasteiger partial charge < -0.3 is 17.3 Å². The number of para-hydroxylation sites is 1. The van der Waals surface area contributed by atoms with Gasteiger partial charge in [-0.1, -0.05) is 12.1 Å². The first kappa shape index (κ1) is 10.8. The van der Waals surface area contributed by atoms with Crippen LogP contribution < -0.4 is 17.3 Å². The predicted molar refractivity (Wildman–Crippen MR) is 52.6 cm³/mol. The van der Waals surface area contributed by atoms with Crippen LogP contribution in [0, 0.1) is 5.39 Å². The van der Waals surface area contributed by atoms with Gasteiger partial charge in [0.25, 0.3) is 0 Å². The highest BCUT2D eigenvalue weighted by atomic mass is 35.5. The summed E-state index contributed by atoms with van der Waals surface area (Å²) in [4.78, 5) is 5.53. The van der Waals surface area contributed by atoms with Gasteiger partial charge in [0, 0.05) is 19.2 Å². The van der Waals surface area contributed by atoms with Crippen molar-refractivity contribution in [2.24, 2.45) is 0 Å². The maximum atomic E-state index is 8.78. The van der Waals surface area contributed by atoms with Gasteiger partial charge in [-0.3, -0.25) is 0 Å². The smallest absolute Gasteiger partial charge is 0.408 e. The van der Waals surface area contributed by atoms with E-state index in [1.165, 1.54) is 12.8 Å². The van der Waals surface area contributed by atoms with E-state index >= 15 is 0 Å².